The number of carbonyl (C=O) groups excluding carboxylic acids is 1. The van der Waals surface area contributed by atoms with E-state index in [0.717, 1.165) is 12.8 Å². The normalized spacial score (nSPS) is 23.8. The molecule has 0 spiro atoms. The summed E-state index contributed by atoms with van der Waals surface area (Å²) in [6.45, 7) is 21.3. The number of aliphatic hydroxyl groups is 1. The molecule has 7 heteroatoms. The van der Waals surface area contributed by atoms with Gasteiger partial charge in [-0.25, -0.2) is 0 Å². The Bertz CT molecular complexity index is 709. The summed E-state index contributed by atoms with van der Waals surface area (Å²) in [6.07, 6.45) is 6.26. The van der Waals surface area contributed by atoms with Gasteiger partial charge in [-0.15, -0.1) is 5.54 Å². The van der Waals surface area contributed by atoms with E-state index in [1.807, 2.05) is 0 Å². The van der Waals surface area contributed by atoms with E-state index in [0.29, 0.717) is 19.3 Å². The summed E-state index contributed by atoms with van der Waals surface area (Å²) in [7, 11) is -3.55. The van der Waals surface area contributed by atoms with Gasteiger partial charge in [0.05, 0.1) is 18.3 Å². The number of esters is 1. The number of aliphatic hydroxyl groups excluding tert-OH is 1. The molecule has 0 aliphatic carbocycles. The molecule has 1 N–H and O–H groups in total. The van der Waals surface area contributed by atoms with Crippen molar-refractivity contribution < 1.29 is 23.8 Å². The molecular formula is C26H48O5Si2. The van der Waals surface area contributed by atoms with Crippen molar-refractivity contribution in [3.63, 3.8) is 0 Å². The van der Waals surface area contributed by atoms with Crippen molar-refractivity contribution in [2.45, 2.75) is 135 Å². The Morgan fingerprint density at radius 3 is 2.36 bits per heavy atom. The molecule has 0 aromatic heterocycles. The molecule has 1 aliphatic heterocycles. The Balaban J connectivity index is 2.99. The zero-order chi connectivity index (χ0) is 25.4. The highest BCUT2D eigenvalue weighted by Gasteiger charge is 2.45. The van der Waals surface area contributed by atoms with E-state index in [9.17, 15) is 9.90 Å². The molecule has 0 amide bonds. The Kier molecular flexibility index (Phi) is 11.6. The smallest absolute Gasteiger partial charge is 0.302 e. The molecular weight excluding hydrogens is 448 g/mol. The topological polar surface area (TPSA) is 65.0 Å². The number of hydrogen-bond acceptors (Lipinski definition) is 5. The van der Waals surface area contributed by atoms with Crippen LogP contribution in [0.15, 0.2) is 12.2 Å². The van der Waals surface area contributed by atoms with E-state index < -0.39 is 22.5 Å². The molecule has 1 fully saturated rings. The van der Waals surface area contributed by atoms with Crippen molar-refractivity contribution >= 4 is 22.4 Å². The lowest BCUT2D eigenvalue weighted by atomic mass is 10.0. The van der Waals surface area contributed by atoms with E-state index in [-0.39, 0.29) is 35.4 Å². The maximum Gasteiger partial charge on any atom is 0.302 e. The number of carbonyl (C=O) groups is 1. The minimum absolute atomic E-state index is 0.0894. The molecule has 33 heavy (non-hydrogen) atoms. The fourth-order valence-corrected chi connectivity index (χ4v) is 5.46. The Hall–Kier alpha value is -0.916. The molecule has 0 saturated carbocycles. The van der Waals surface area contributed by atoms with E-state index in [1.165, 1.54) is 6.92 Å². The van der Waals surface area contributed by atoms with Gasteiger partial charge in [0.2, 0.25) is 0 Å². The van der Waals surface area contributed by atoms with Crippen LogP contribution in [0.3, 0.4) is 0 Å². The molecule has 0 bridgehead atoms. The standard InChI is InChI=1S/C26H48O5Si2/c1-11-12-13-14-23(31-33(9,10)26(3,4)5)25-19-24(29-20(2)27)22(30-25)16-15-21(28)17-18-32(6,7)8/h12-13,21-25,28H,11,14-16,19H2,1-10H3/b13-12+/t21?,22-,23+,24-,25-/m1/s1. The monoisotopic (exact) mass is 496 g/mol. The Morgan fingerprint density at radius 1 is 1.21 bits per heavy atom. The second kappa shape index (κ2) is 12.7. The molecule has 5 atom stereocenters. The fourth-order valence-electron chi connectivity index (χ4n) is 3.50. The highest BCUT2D eigenvalue weighted by atomic mass is 28.4. The van der Waals surface area contributed by atoms with Crippen LogP contribution in [0.25, 0.3) is 0 Å². The van der Waals surface area contributed by atoms with Crippen molar-refractivity contribution in [2.75, 3.05) is 0 Å². The second-order valence-electron chi connectivity index (χ2n) is 11.7. The van der Waals surface area contributed by atoms with Crippen LogP contribution in [-0.4, -0.2) is 58.0 Å². The number of rotatable bonds is 10. The van der Waals surface area contributed by atoms with E-state index in [1.54, 1.807) is 0 Å². The Labute approximate surface area is 204 Å². The van der Waals surface area contributed by atoms with Gasteiger partial charge >= 0.3 is 5.97 Å². The predicted molar refractivity (Wildman–Crippen MR) is 141 cm³/mol. The third-order valence-corrected chi connectivity index (χ3v) is 11.7. The maximum absolute atomic E-state index is 11.8. The van der Waals surface area contributed by atoms with Crippen molar-refractivity contribution in [3.8, 4) is 11.5 Å². The van der Waals surface area contributed by atoms with Crippen LogP contribution in [-0.2, 0) is 18.7 Å². The average molecular weight is 497 g/mol. The van der Waals surface area contributed by atoms with Gasteiger partial charge in [-0.3, -0.25) is 4.79 Å². The van der Waals surface area contributed by atoms with Crippen LogP contribution in [0, 0.1) is 11.5 Å². The third-order valence-electron chi connectivity index (χ3n) is 6.32. The SMILES string of the molecule is CC/C=C/C[C@H](O[Si](C)(C)C(C)(C)C)[C@H]1C[C@@H](OC(C)=O)[C@@H](CCC(O)C#C[Si](C)(C)C)O1. The third kappa shape index (κ3) is 10.9. The van der Waals surface area contributed by atoms with Gasteiger partial charge in [0.25, 0.3) is 0 Å². The average Bonchev–Trinajstić information content (AvgIpc) is 3.04. The van der Waals surface area contributed by atoms with Crippen molar-refractivity contribution in [1.29, 1.82) is 0 Å². The molecule has 0 aromatic carbocycles. The highest BCUT2D eigenvalue weighted by molar-refractivity contribution is 6.83. The molecule has 1 rings (SSSR count). The molecule has 0 radical (unpaired) electrons. The van der Waals surface area contributed by atoms with Crippen molar-refractivity contribution in [3.05, 3.63) is 12.2 Å². The molecule has 5 nitrogen and oxygen atoms in total. The Morgan fingerprint density at radius 2 is 1.85 bits per heavy atom. The summed E-state index contributed by atoms with van der Waals surface area (Å²) in [6, 6.07) is 0. The highest BCUT2D eigenvalue weighted by Crippen LogP contribution is 2.40. The number of allylic oxidation sites excluding steroid dienone is 1. The predicted octanol–water partition coefficient (Wildman–Crippen LogP) is 5.84. The zero-order valence-corrected chi connectivity index (χ0v) is 24.7. The van der Waals surface area contributed by atoms with Gasteiger partial charge < -0.3 is 19.0 Å². The summed E-state index contributed by atoms with van der Waals surface area (Å²) in [5.41, 5.74) is 3.23. The van der Waals surface area contributed by atoms with Gasteiger partial charge in [-0.1, -0.05) is 65.4 Å². The number of hydrogen-bond donors (Lipinski definition) is 1. The molecule has 190 valence electrons. The largest absolute Gasteiger partial charge is 0.460 e. The molecule has 1 aliphatic rings. The summed E-state index contributed by atoms with van der Waals surface area (Å²) in [5.74, 6) is 2.69. The van der Waals surface area contributed by atoms with E-state index in [2.05, 4.69) is 84.0 Å². The van der Waals surface area contributed by atoms with Crippen LogP contribution in [0.5, 0.6) is 0 Å². The second-order valence-corrected chi connectivity index (χ2v) is 21.2. The minimum atomic E-state index is -2.01. The molecule has 0 aromatic rings. The lowest BCUT2D eigenvalue weighted by Gasteiger charge is -2.40. The summed E-state index contributed by atoms with van der Waals surface area (Å²) >= 11 is 0. The summed E-state index contributed by atoms with van der Waals surface area (Å²) in [4.78, 5) is 11.8. The minimum Gasteiger partial charge on any atom is -0.460 e. The van der Waals surface area contributed by atoms with Crippen LogP contribution >= 0.6 is 0 Å². The van der Waals surface area contributed by atoms with Crippen LogP contribution in [0.2, 0.25) is 37.8 Å². The van der Waals surface area contributed by atoms with Crippen LogP contribution in [0.1, 0.15) is 66.7 Å². The van der Waals surface area contributed by atoms with Gasteiger partial charge in [0.15, 0.2) is 8.32 Å². The van der Waals surface area contributed by atoms with Crippen molar-refractivity contribution in [2.24, 2.45) is 0 Å². The molecule has 1 unspecified atom stereocenters. The van der Waals surface area contributed by atoms with Crippen LogP contribution in [0.4, 0.5) is 0 Å². The zero-order valence-electron chi connectivity index (χ0n) is 22.7. The fraction of sp³-hybridized carbons (Fsp3) is 0.808. The lowest BCUT2D eigenvalue weighted by Crippen LogP contribution is -2.47. The molecule has 1 heterocycles. The summed E-state index contributed by atoms with van der Waals surface area (Å²) < 4.78 is 18.9. The first kappa shape index (κ1) is 30.1. The van der Waals surface area contributed by atoms with Gasteiger partial charge in [-0.05, 0) is 43.8 Å². The summed E-state index contributed by atoms with van der Waals surface area (Å²) in [5, 5.41) is 10.4. The lowest BCUT2D eigenvalue weighted by molar-refractivity contribution is -0.149. The van der Waals surface area contributed by atoms with Gasteiger partial charge in [0, 0.05) is 13.3 Å². The maximum atomic E-state index is 11.8. The van der Waals surface area contributed by atoms with E-state index in [4.69, 9.17) is 13.9 Å². The quantitative estimate of drug-likeness (QED) is 0.178. The van der Waals surface area contributed by atoms with Gasteiger partial charge in [0.1, 0.15) is 20.3 Å². The van der Waals surface area contributed by atoms with Crippen molar-refractivity contribution in [1.82, 2.24) is 0 Å². The number of ether oxygens (including phenoxy) is 2. The first-order chi connectivity index (χ1) is 15.1. The molecule has 1 saturated heterocycles. The van der Waals surface area contributed by atoms with Crippen LogP contribution < -0.4 is 0 Å². The van der Waals surface area contributed by atoms with Gasteiger partial charge in [-0.2, -0.15) is 0 Å². The van der Waals surface area contributed by atoms with E-state index >= 15 is 0 Å². The first-order valence-electron chi connectivity index (χ1n) is 12.4. The first-order valence-corrected chi connectivity index (χ1v) is 18.8.